The SMILES string of the molecule is Nc1c(-c2ccccc2OC(F)(F)F)cncc1-c1ccccc1OC(F)(F)F. The molecule has 0 unspecified atom stereocenters. The van der Waals surface area contributed by atoms with Gasteiger partial charge in [0.2, 0.25) is 0 Å². The van der Waals surface area contributed by atoms with Crippen LogP contribution in [0.1, 0.15) is 0 Å². The molecule has 0 aliphatic carbocycles. The second kappa shape index (κ2) is 7.53. The van der Waals surface area contributed by atoms with E-state index in [2.05, 4.69) is 14.5 Å². The molecule has 29 heavy (non-hydrogen) atoms. The van der Waals surface area contributed by atoms with Crippen molar-refractivity contribution in [3.63, 3.8) is 0 Å². The van der Waals surface area contributed by atoms with Gasteiger partial charge in [-0.25, -0.2) is 0 Å². The summed E-state index contributed by atoms with van der Waals surface area (Å²) in [6, 6.07) is 10.4. The van der Waals surface area contributed by atoms with Crippen LogP contribution in [0.4, 0.5) is 32.0 Å². The van der Waals surface area contributed by atoms with Crippen molar-refractivity contribution >= 4 is 5.69 Å². The average Bonchev–Trinajstić information content (AvgIpc) is 2.61. The van der Waals surface area contributed by atoms with Crippen LogP contribution < -0.4 is 15.2 Å². The molecule has 1 aromatic heterocycles. The van der Waals surface area contributed by atoms with Gasteiger partial charge in [-0.1, -0.05) is 36.4 Å². The van der Waals surface area contributed by atoms with E-state index in [1.54, 1.807) is 0 Å². The summed E-state index contributed by atoms with van der Waals surface area (Å²) in [6.07, 6.45) is -7.48. The Hall–Kier alpha value is -3.43. The van der Waals surface area contributed by atoms with E-state index in [1.165, 1.54) is 48.8 Å². The lowest BCUT2D eigenvalue weighted by atomic mass is 9.98. The number of benzene rings is 2. The molecule has 152 valence electrons. The molecule has 10 heteroatoms. The first kappa shape index (κ1) is 20.3. The fraction of sp³-hybridized carbons (Fsp3) is 0.105. The molecule has 0 saturated carbocycles. The van der Waals surface area contributed by atoms with Crippen molar-refractivity contribution in [2.24, 2.45) is 0 Å². The fourth-order valence-electron chi connectivity index (χ4n) is 2.71. The Morgan fingerprint density at radius 1 is 0.621 bits per heavy atom. The molecule has 0 bridgehead atoms. The minimum Gasteiger partial charge on any atom is -0.405 e. The molecule has 0 amide bonds. The number of pyridine rings is 1. The predicted molar refractivity (Wildman–Crippen MR) is 92.9 cm³/mol. The third-order valence-corrected chi connectivity index (χ3v) is 3.79. The standard InChI is InChI=1S/C19H12F6N2O2/c20-18(21,22)28-15-7-3-1-5-11(15)13-9-27-10-14(17(13)26)12-6-2-4-8-16(12)29-19(23,24)25/h1-10H,(H2,26,27). The molecule has 0 aliphatic rings. The summed E-state index contributed by atoms with van der Waals surface area (Å²) < 4.78 is 84.2. The zero-order chi connectivity index (χ0) is 21.2. The largest absolute Gasteiger partial charge is 0.573 e. The van der Waals surface area contributed by atoms with Crippen molar-refractivity contribution in [3.05, 3.63) is 60.9 Å². The van der Waals surface area contributed by atoms with Crippen molar-refractivity contribution in [3.8, 4) is 33.8 Å². The number of halogens is 6. The van der Waals surface area contributed by atoms with E-state index in [0.717, 1.165) is 12.1 Å². The van der Waals surface area contributed by atoms with E-state index >= 15 is 0 Å². The lowest BCUT2D eigenvalue weighted by Crippen LogP contribution is -2.18. The zero-order valence-electron chi connectivity index (χ0n) is 14.4. The van der Waals surface area contributed by atoms with Crippen LogP contribution in [-0.2, 0) is 0 Å². The second-order valence-electron chi connectivity index (χ2n) is 5.74. The molecule has 0 atom stereocenters. The number of ether oxygens (including phenoxy) is 2. The van der Waals surface area contributed by atoms with Gasteiger partial charge in [0.05, 0.1) is 5.69 Å². The molecule has 2 N–H and O–H groups in total. The van der Waals surface area contributed by atoms with E-state index < -0.39 is 24.2 Å². The van der Waals surface area contributed by atoms with Crippen molar-refractivity contribution in [1.29, 1.82) is 0 Å². The number of hydrogen-bond donors (Lipinski definition) is 1. The zero-order valence-corrected chi connectivity index (χ0v) is 14.4. The lowest BCUT2D eigenvalue weighted by Gasteiger charge is -2.17. The van der Waals surface area contributed by atoms with Gasteiger partial charge >= 0.3 is 12.7 Å². The molecule has 4 nitrogen and oxygen atoms in total. The van der Waals surface area contributed by atoms with Crippen molar-refractivity contribution in [1.82, 2.24) is 4.98 Å². The Labute approximate surface area is 160 Å². The number of anilines is 1. The van der Waals surface area contributed by atoms with E-state index in [-0.39, 0.29) is 27.9 Å². The summed E-state index contributed by atoms with van der Waals surface area (Å²) in [4.78, 5) is 3.92. The number of nitrogens with two attached hydrogens (primary N) is 1. The van der Waals surface area contributed by atoms with E-state index in [4.69, 9.17) is 5.73 Å². The number of nitrogen functional groups attached to an aromatic ring is 1. The molecule has 0 aliphatic heterocycles. The van der Waals surface area contributed by atoms with Gasteiger partial charge in [0.1, 0.15) is 11.5 Å². The Morgan fingerprint density at radius 2 is 1.00 bits per heavy atom. The number of para-hydroxylation sites is 2. The van der Waals surface area contributed by atoms with Crippen LogP contribution >= 0.6 is 0 Å². The molecule has 0 spiro atoms. The molecule has 2 aromatic carbocycles. The highest BCUT2D eigenvalue weighted by atomic mass is 19.4. The number of aromatic nitrogens is 1. The van der Waals surface area contributed by atoms with Gasteiger partial charge in [0, 0.05) is 34.6 Å². The minimum absolute atomic E-state index is 0.0223. The second-order valence-corrected chi connectivity index (χ2v) is 5.74. The first-order valence-corrected chi connectivity index (χ1v) is 7.99. The Balaban J connectivity index is 2.13. The maximum Gasteiger partial charge on any atom is 0.573 e. The van der Waals surface area contributed by atoms with Crippen molar-refractivity contribution in [2.75, 3.05) is 5.73 Å². The van der Waals surface area contributed by atoms with Crippen molar-refractivity contribution in [2.45, 2.75) is 12.7 Å². The number of alkyl halides is 6. The monoisotopic (exact) mass is 414 g/mol. The number of nitrogens with zero attached hydrogens (tertiary/aromatic N) is 1. The molecule has 3 aromatic rings. The maximum atomic E-state index is 12.7. The highest BCUT2D eigenvalue weighted by Gasteiger charge is 2.33. The predicted octanol–water partition coefficient (Wildman–Crippen LogP) is 5.80. The third kappa shape index (κ3) is 4.89. The summed E-state index contributed by atoms with van der Waals surface area (Å²) in [5.74, 6) is -1.05. The van der Waals surface area contributed by atoms with E-state index in [0.29, 0.717) is 0 Å². The lowest BCUT2D eigenvalue weighted by molar-refractivity contribution is -0.275. The van der Waals surface area contributed by atoms with Crippen LogP contribution in [0.2, 0.25) is 0 Å². The molecule has 1 heterocycles. The Morgan fingerprint density at radius 3 is 1.38 bits per heavy atom. The van der Waals surface area contributed by atoms with Crippen LogP contribution in [0.25, 0.3) is 22.3 Å². The van der Waals surface area contributed by atoms with Crippen LogP contribution in [0.15, 0.2) is 60.9 Å². The van der Waals surface area contributed by atoms with Gasteiger partial charge in [-0.15, -0.1) is 26.3 Å². The third-order valence-electron chi connectivity index (χ3n) is 3.79. The first-order valence-electron chi connectivity index (χ1n) is 7.99. The van der Waals surface area contributed by atoms with Gasteiger partial charge < -0.3 is 15.2 Å². The van der Waals surface area contributed by atoms with Gasteiger partial charge in [0.15, 0.2) is 0 Å². The van der Waals surface area contributed by atoms with Gasteiger partial charge in [-0.3, -0.25) is 4.98 Å². The topological polar surface area (TPSA) is 57.4 Å². The molecular weight excluding hydrogens is 402 g/mol. The molecule has 0 fully saturated rings. The number of hydrogen-bond acceptors (Lipinski definition) is 4. The highest BCUT2D eigenvalue weighted by molar-refractivity contribution is 5.91. The Kier molecular flexibility index (Phi) is 5.27. The normalized spacial score (nSPS) is 11.9. The summed E-state index contributed by atoms with van der Waals surface area (Å²) in [7, 11) is 0. The summed E-state index contributed by atoms with van der Waals surface area (Å²) in [6.45, 7) is 0. The van der Waals surface area contributed by atoms with Gasteiger partial charge in [-0.05, 0) is 12.1 Å². The fourth-order valence-corrected chi connectivity index (χ4v) is 2.71. The maximum absolute atomic E-state index is 12.7. The summed E-state index contributed by atoms with van der Waals surface area (Å²) in [5, 5.41) is 0. The number of rotatable bonds is 4. The average molecular weight is 414 g/mol. The van der Waals surface area contributed by atoms with Crippen molar-refractivity contribution < 1.29 is 35.8 Å². The highest BCUT2D eigenvalue weighted by Crippen LogP contribution is 2.42. The quantitative estimate of drug-likeness (QED) is 0.549. The smallest absolute Gasteiger partial charge is 0.405 e. The summed E-state index contributed by atoms with van der Waals surface area (Å²) >= 11 is 0. The van der Waals surface area contributed by atoms with Crippen LogP contribution in [0.3, 0.4) is 0 Å². The van der Waals surface area contributed by atoms with Gasteiger partial charge in [0.25, 0.3) is 0 Å². The molecular formula is C19H12F6N2O2. The minimum atomic E-state index is -4.94. The van der Waals surface area contributed by atoms with E-state index in [1.807, 2.05) is 0 Å². The van der Waals surface area contributed by atoms with Gasteiger partial charge in [-0.2, -0.15) is 0 Å². The van der Waals surface area contributed by atoms with E-state index in [9.17, 15) is 26.3 Å². The summed E-state index contributed by atoms with van der Waals surface area (Å²) in [5.41, 5.74) is 6.09. The Bertz CT molecular complexity index is 940. The van der Waals surface area contributed by atoms with Crippen LogP contribution in [-0.4, -0.2) is 17.7 Å². The molecule has 0 radical (unpaired) electrons. The van der Waals surface area contributed by atoms with Crippen LogP contribution in [0.5, 0.6) is 11.5 Å². The molecule has 0 saturated heterocycles. The first-order chi connectivity index (χ1) is 13.6. The molecule has 3 rings (SSSR count). The van der Waals surface area contributed by atoms with Crippen LogP contribution in [0, 0.1) is 0 Å².